The number of hydrogen-bond donors (Lipinski definition) is 1. The summed E-state index contributed by atoms with van der Waals surface area (Å²) in [7, 11) is 1.86. The Hall–Kier alpha value is -1.46. The predicted octanol–water partition coefficient (Wildman–Crippen LogP) is 2.86. The van der Waals surface area contributed by atoms with Gasteiger partial charge in [-0.2, -0.15) is 0 Å². The fourth-order valence-electron chi connectivity index (χ4n) is 2.64. The molecule has 3 nitrogen and oxygen atoms in total. The number of carbonyl (C=O) groups excluding carboxylic acids is 1. The van der Waals surface area contributed by atoms with Crippen LogP contribution >= 0.6 is 11.3 Å². The second-order valence-corrected chi connectivity index (χ2v) is 6.27. The first-order chi connectivity index (χ1) is 9.65. The Morgan fingerprint density at radius 1 is 1.35 bits per heavy atom. The number of piperidine rings is 1. The van der Waals surface area contributed by atoms with Gasteiger partial charge in [-0.25, -0.2) is 4.39 Å². The lowest BCUT2D eigenvalue weighted by Gasteiger charge is -2.31. The van der Waals surface area contributed by atoms with Crippen molar-refractivity contribution in [3.63, 3.8) is 0 Å². The molecule has 1 aromatic heterocycles. The van der Waals surface area contributed by atoms with E-state index in [1.54, 1.807) is 6.07 Å². The van der Waals surface area contributed by atoms with Gasteiger partial charge in [-0.1, -0.05) is 6.07 Å². The van der Waals surface area contributed by atoms with E-state index in [2.05, 4.69) is 5.32 Å². The lowest BCUT2D eigenvalue weighted by atomic mass is 10.1. The van der Waals surface area contributed by atoms with Crippen molar-refractivity contribution in [2.24, 2.45) is 0 Å². The van der Waals surface area contributed by atoms with E-state index in [4.69, 9.17) is 0 Å². The van der Waals surface area contributed by atoms with Gasteiger partial charge in [0.05, 0.1) is 4.88 Å². The molecule has 20 heavy (non-hydrogen) atoms. The van der Waals surface area contributed by atoms with E-state index in [-0.39, 0.29) is 11.7 Å². The standard InChI is InChI=1S/C15H17FN2OS/c1-18(12-4-6-17-7-5-12)15(19)14-8-10-2-3-11(16)9-13(10)20-14/h2-3,8-9,12,17H,4-7H2,1H3. The van der Waals surface area contributed by atoms with Crippen LogP contribution in [0.3, 0.4) is 0 Å². The van der Waals surface area contributed by atoms with Crippen LogP contribution in [0.2, 0.25) is 0 Å². The number of rotatable bonds is 2. The minimum atomic E-state index is -0.259. The Kier molecular flexibility index (Phi) is 3.72. The number of halogens is 1. The molecular weight excluding hydrogens is 275 g/mol. The molecule has 0 saturated carbocycles. The highest BCUT2D eigenvalue weighted by atomic mass is 32.1. The Bertz CT molecular complexity index is 634. The molecule has 0 aliphatic carbocycles. The first-order valence-corrected chi connectivity index (χ1v) is 7.64. The summed E-state index contributed by atoms with van der Waals surface area (Å²) < 4.78 is 14.0. The van der Waals surface area contributed by atoms with E-state index in [1.165, 1.54) is 23.5 Å². The molecule has 1 aliphatic heterocycles. The molecule has 2 aromatic rings. The largest absolute Gasteiger partial charge is 0.338 e. The Labute approximate surface area is 121 Å². The second-order valence-electron chi connectivity index (χ2n) is 5.19. The highest BCUT2D eigenvalue weighted by Crippen LogP contribution is 2.28. The fraction of sp³-hybridized carbons (Fsp3) is 0.400. The summed E-state index contributed by atoms with van der Waals surface area (Å²) >= 11 is 1.37. The fourth-order valence-corrected chi connectivity index (χ4v) is 3.71. The van der Waals surface area contributed by atoms with E-state index >= 15 is 0 Å². The van der Waals surface area contributed by atoms with E-state index in [0.29, 0.717) is 10.9 Å². The van der Waals surface area contributed by atoms with Crippen molar-refractivity contribution < 1.29 is 9.18 Å². The Morgan fingerprint density at radius 3 is 2.85 bits per heavy atom. The molecule has 0 radical (unpaired) electrons. The maximum atomic E-state index is 13.2. The van der Waals surface area contributed by atoms with Gasteiger partial charge in [-0.3, -0.25) is 4.79 Å². The first-order valence-electron chi connectivity index (χ1n) is 6.82. The van der Waals surface area contributed by atoms with Gasteiger partial charge in [-0.05, 0) is 49.5 Å². The van der Waals surface area contributed by atoms with Gasteiger partial charge >= 0.3 is 0 Å². The molecule has 1 aromatic carbocycles. The molecule has 0 spiro atoms. The van der Waals surface area contributed by atoms with Gasteiger partial charge < -0.3 is 10.2 Å². The maximum absolute atomic E-state index is 13.2. The van der Waals surface area contributed by atoms with Crippen LogP contribution in [0.25, 0.3) is 10.1 Å². The van der Waals surface area contributed by atoms with Gasteiger partial charge in [-0.15, -0.1) is 11.3 Å². The quantitative estimate of drug-likeness (QED) is 0.923. The number of thiophene rings is 1. The first kappa shape index (κ1) is 13.5. The average Bonchev–Trinajstić information content (AvgIpc) is 2.89. The number of benzene rings is 1. The highest BCUT2D eigenvalue weighted by molar-refractivity contribution is 7.20. The van der Waals surface area contributed by atoms with E-state index in [1.807, 2.05) is 18.0 Å². The number of amides is 1. The second kappa shape index (κ2) is 5.50. The lowest BCUT2D eigenvalue weighted by Crippen LogP contribution is -2.43. The number of hydrogen-bond acceptors (Lipinski definition) is 3. The van der Waals surface area contributed by atoms with Crippen LogP contribution in [0.4, 0.5) is 4.39 Å². The third kappa shape index (κ3) is 2.55. The van der Waals surface area contributed by atoms with Crippen LogP contribution in [-0.4, -0.2) is 37.0 Å². The maximum Gasteiger partial charge on any atom is 0.263 e. The molecule has 0 atom stereocenters. The summed E-state index contributed by atoms with van der Waals surface area (Å²) in [6.07, 6.45) is 1.98. The molecule has 3 rings (SSSR count). The normalized spacial score (nSPS) is 16.5. The molecule has 106 valence electrons. The molecule has 0 bridgehead atoms. The van der Waals surface area contributed by atoms with E-state index in [9.17, 15) is 9.18 Å². The predicted molar refractivity (Wildman–Crippen MR) is 79.8 cm³/mol. The van der Waals surface area contributed by atoms with Crippen molar-refractivity contribution in [3.8, 4) is 0 Å². The van der Waals surface area contributed by atoms with Gasteiger partial charge in [0.1, 0.15) is 5.82 Å². The smallest absolute Gasteiger partial charge is 0.263 e. The zero-order valence-electron chi connectivity index (χ0n) is 11.4. The van der Waals surface area contributed by atoms with Gasteiger partial charge in [0.15, 0.2) is 0 Å². The summed E-state index contributed by atoms with van der Waals surface area (Å²) in [5, 5.41) is 4.23. The molecule has 1 amide bonds. The topological polar surface area (TPSA) is 32.3 Å². The van der Waals surface area contributed by atoms with Crippen LogP contribution in [0, 0.1) is 5.82 Å². The molecule has 0 unspecified atom stereocenters. The molecule has 1 saturated heterocycles. The van der Waals surface area contributed by atoms with E-state index < -0.39 is 0 Å². The zero-order chi connectivity index (χ0) is 14.1. The van der Waals surface area contributed by atoms with Gasteiger partial charge in [0.2, 0.25) is 0 Å². The lowest BCUT2D eigenvalue weighted by molar-refractivity contribution is 0.0708. The van der Waals surface area contributed by atoms with Crippen LogP contribution in [0.15, 0.2) is 24.3 Å². The number of nitrogens with zero attached hydrogens (tertiary/aromatic N) is 1. The van der Waals surface area contributed by atoms with E-state index in [0.717, 1.165) is 36.0 Å². The molecule has 5 heteroatoms. The van der Waals surface area contributed by atoms with Crippen LogP contribution in [0.5, 0.6) is 0 Å². The number of fused-ring (bicyclic) bond motifs is 1. The van der Waals surface area contributed by atoms with Crippen LogP contribution in [-0.2, 0) is 0 Å². The average molecular weight is 292 g/mol. The summed E-state index contributed by atoms with van der Waals surface area (Å²) in [4.78, 5) is 15.0. The van der Waals surface area contributed by atoms with Crippen molar-refractivity contribution in [2.75, 3.05) is 20.1 Å². The molecule has 1 N–H and O–H groups in total. The number of nitrogens with one attached hydrogen (secondary N) is 1. The highest BCUT2D eigenvalue weighted by Gasteiger charge is 2.24. The van der Waals surface area contributed by atoms with Crippen molar-refractivity contribution in [1.29, 1.82) is 0 Å². The third-order valence-electron chi connectivity index (χ3n) is 3.87. The third-order valence-corrected chi connectivity index (χ3v) is 4.96. The van der Waals surface area contributed by atoms with Crippen molar-refractivity contribution in [2.45, 2.75) is 18.9 Å². The summed E-state index contributed by atoms with van der Waals surface area (Å²) in [6, 6.07) is 6.80. The molecule has 1 aliphatic rings. The minimum Gasteiger partial charge on any atom is -0.338 e. The SMILES string of the molecule is CN(C(=O)c1cc2ccc(F)cc2s1)C1CCNCC1. The monoisotopic (exact) mass is 292 g/mol. The molecule has 2 heterocycles. The van der Waals surface area contributed by atoms with Crippen LogP contribution < -0.4 is 5.32 Å². The zero-order valence-corrected chi connectivity index (χ0v) is 12.2. The minimum absolute atomic E-state index is 0.0403. The van der Waals surface area contributed by atoms with Crippen molar-refractivity contribution in [3.05, 3.63) is 35.0 Å². The number of carbonyl (C=O) groups is 1. The molecular formula is C15H17FN2OS. The summed E-state index contributed by atoms with van der Waals surface area (Å²) in [5.74, 6) is -0.219. The Morgan fingerprint density at radius 2 is 2.10 bits per heavy atom. The summed E-state index contributed by atoms with van der Waals surface area (Å²) in [5.41, 5.74) is 0. The van der Waals surface area contributed by atoms with Crippen LogP contribution in [0.1, 0.15) is 22.5 Å². The summed E-state index contributed by atoms with van der Waals surface area (Å²) in [6.45, 7) is 1.92. The van der Waals surface area contributed by atoms with Crippen molar-refractivity contribution >= 4 is 27.3 Å². The van der Waals surface area contributed by atoms with Crippen molar-refractivity contribution in [1.82, 2.24) is 10.2 Å². The van der Waals surface area contributed by atoms with Gasteiger partial charge in [0, 0.05) is 17.8 Å². The van der Waals surface area contributed by atoms with Gasteiger partial charge in [0.25, 0.3) is 5.91 Å². The molecule has 1 fully saturated rings. The Balaban J connectivity index is 1.84.